The summed E-state index contributed by atoms with van der Waals surface area (Å²) in [5.41, 5.74) is 0.403. The highest BCUT2D eigenvalue weighted by atomic mass is 16.5. The summed E-state index contributed by atoms with van der Waals surface area (Å²) in [4.78, 5) is 11.7. The summed E-state index contributed by atoms with van der Waals surface area (Å²) < 4.78 is 4.88. The molecule has 2 N–H and O–H groups in total. The molecule has 0 bridgehead atoms. The molecule has 1 aliphatic carbocycles. The van der Waals surface area contributed by atoms with Crippen LogP contribution in [0.25, 0.3) is 0 Å². The van der Waals surface area contributed by atoms with Gasteiger partial charge in [0.25, 0.3) is 0 Å². The number of aliphatic hydroxyl groups excluding tert-OH is 2. The van der Waals surface area contributed by atoms with Crippen LogP contribution in [0.5, 0.6) is 0 Å². The average Bonchev–Trinajstić information content (AvgIpc) is 3.11. The lowest BCUT2D eigenvalue weighted by Gasteiger charge is -2.44. The van der Waals surface area contributed by atoms with E-state index in [0.717, 1.165) is 38.5 Å². The molecule has 0 aliphatic heterocycles. The molecule has 34 heavy (non-hydrogen) atoms. The highest BCUT2D eigenvalue weighted by molar-refractivity contribution is 5.69. The molecule has 0 radical (unpaired) electrons. The third-order valence-corrected chi connectivity index (χ3v) is 10.4. The van der Waals surface area contributed by atoms with Crippen molar-refractivity contribution in [2.75, 3.05) is 7.11 Å². The Labute approximate surface area is 211 Å². The summed E-state index contributed by atoms with van der Waals surface area (Å²) in [5, 5.41) is 20.7. The third-order valence-electron chi connectivity index (χ3n) is 10.4. The van der Waals surface area contributed by atoms with E-state index in [9.17, 15) is 15.0 Å². The van der Waals surface area contributed by atoms with Crippen molar-refractivity contribution in [1.82, 2.24) is 0 Å². The fourth-order valence-electron chi connectivity index (χ4n) is 6.85. The maximum Gasteiger partial charge on any atom is 0.305 e. The SMILES string of the molecule is CC[C@H](O)CC[C@@](C)(C[C@@H](CC)[C@H](C)O)C(C)CC[C@@]1(C)C(C)CC[C@@H]1[C@H](C)CCC(=O)OC. The molecule has 2 unspecified atom stereocenters. The standard InChI is InChI=1S/C30H58O4/c1-10-25(24(6)31)20-29(7,18-17-26(32)11-2)22(4)16-19-30(8)23(5)13-14-27(30)21(3)12-15-28(33)34-9/h21-27,31-32H,10-20H2,1-9H3/t21-,22?,23?,24+,25-,26+,27-,29+,30+/m1/s1. The van der Waals surface area contributed by atoms with E-state index in [2.05, 4.69) is 48.5 Å². The Morgan fingerprint density at radius 2 is 1.74 bits per heavy atom. The van der Waals surface area contributed by atoms with Crippen molar-refractivity contribution in [3.05, 3.63) is 0 Å². The van der Waals surface area contributed by atoms with Gasteiger partial charge in [0.1, 0.15) is 0 Å². The van der Waals surface area contributed by atoms with Gasteiger partial charge in [-0.2, -0.15) is 0 Å². The van der Waals surface area contributed by atoms with Gasteiger partial charge in [0.05, 0.1) is 19.3 Å². The number of ether oxygens (including phenoxy) is 1. The molecule has 1 fully saturated rings. The zero-order valence-electron chi connectivity index (χ0n) is 24.0. The van der Waals surface area contributed by atoms with E-state index in [1.165, 1.54) is 32.8 Å². The first-order valence-corrected chi connectivity index (χ1v) is 14.3. The molecule has 0 aromatic rings. The first-order valence-electron chi connectivity index (χ1n) is 14.3. The van der Waals surface area contributed by atoms with E-state index in [0.29, 0.717) is 41.4 Å². The van der Waals surface area contributed by atoms with Crippen molar-refractivity contribution in [3.63, 3.8) is 0 Å². The van der Waals surface area contributed by atoms with Gasteiger partial charge in [0, 0.05) is 6.42 Å². The number of carbonyl (C=O) groups excluding carboxylic acids is 1. The van der Waals surface area contributed by atoms with Gasteiger partial charge in [0.2, 0.25) is 0 Å². The van der Waals surface area contributed by atoms with Gasteiger partial charge in [-0.15, -0.1) is 0 Å². The van der Waals surface area contributed by atoms with Crippen molar-refractivity contribution < 1.29 is 19.7 Å². The molecule has 0 amide bonds. The molecule has 1 rings (SSSR count). The van der Waals surface area contributed by atoms with Gasteiger partial charge in [-0.3, -0.25) is 4.79 Å². The van der Waals surface area contributed by atoms with Crippen LogP contribution >= 0.6 is 0 Å². The zero-order valence-corrected chi connectivity index (χ0v) is 24.0. The van der Waals surface area contributed by atoms with Crippen molar-refractivity contribution >= 4 is 5.97 Å². The lowest BCUT2D eigenvalue weighted by molar-refractivity contribution is -0.141. The molecular formula is C30H58O4. The highest BCUT2D eigenvalue weighted by Crippen LogP contribution is 2.55. The summed E-state index contributed by atoms with van der Waals surface area (Å²) in [5.74, 6) is 2.60. The summed E-state index contributed by atoms with van der Waals surface area (Å²) in [6.45, 7) is 18.2. The van der Waals surface area contributed by atoms with Crippen LogP contribution < -0.4 is 0 Å². The second kappa shape index (κ2) is 14.2. The van der Waals surface area contributed by atoms with Crippen LogP contribution in [-0.2, 0) is 9.53 Å². The Morgan fingerprint density at radius 1 is 1.09 bits per heavy atom. The van der Waals surface area contributed by atoms with Crippen LogP contribution in [0.4, 0.5) is 0 Å². The topological polar surface area (TPSA) is 66.8 Å². The van der Waals surface area contributed by atoms with Crippen molar-refractivity contribution in [2.24, 2.45) is 40.4 Å². The molecule has 1 saturated carbocycles. The Morgan fingerprint density at radius 3 is 2.26 bits per heavy atom. The zero-order chi connectivity index (χ0) is 26.1. The second-order valence-electron chi connectivity index (χ2n) is 12.5. The summed E-state index contributed by atoms with van der Waals surface area (Å²) in [6.07, 6.45) is 10.5. The normalized spacial score (nSPS) is 29.1. The van der Waals surface area contributed by atoms with E-state index in [1.54, 1.807) is 0 Å². The first kappa shape index (κ1) is 31.4. The Bertz CT molecular complexity index is 590. The minimum absolute atomic E-state index is 0.0955. The van der Waals surface area contributed by atoms with Gasteiger partial charge < -0.3 is 14.9 Å². The highest BCUT2D eigenvalue weighted by Gasteiger charge is 2.46. The Hall–Kier alpha value is -0.610. The van der Waals surface area contributed by atoms with Gasteiger partial charge in [0.15, 0.2) is 0 Å². The van der Waals surface area contributed by atoms with E-state index in [4.69, 9.17) is 4.74 Å². The minimum Gasteiger partial charge on any atom is -0.469 e. The molecule has 0 saturated heterocycles. The predicted molar refractivity (Wildman–Crippen MR) is 143 cm³/mol. The van der Waals surface area contributed by atoms with Crippen molar-refractivity contribution in [1.29, 1.82) is 0 Å². The first-order chi connectivity index (χ1) is 15.8. The van der Waals surface area contributed by atoms with E-state index in [-0.39, 0.29) is 23.6 Å². The molecule has 202 valence electrons. The summed E-state index contributed by atoms with van der Waals surface area (Å²) in [6, 6.07) is 0. The molecule has 9 atom stereocenters. The van der Waals surface area contributed by atoms with Crippen LogP contribution in [0.15, 0.2) is 0 Å². The van der Waals surface area contributed by atoms with Gasteiger partial charge in [-0.05, 0) is 105 Å². The van der Waals surface area contributed by atoms with E-state index < -0.39 is 0 Å². The largest absolute Gasteiger partial charge is 0.469 e. The van der Waals surface area contributed by atoms with Crippen LogP contribution in [0.1, 0.15) is 126 Å². The number of hydrogen-bond donors (Lipinski definition) is 2. The fourth-order valence-corrected chi connectivity index (χ4v) is 6.85. The van der Waals surface area contributed by atoms with Crippen LogP contribution in [0.3, 0.4) is 0 Å². The van der Waals surface area contributed by atoms with Crippen LogP contribution in [-0.4, -0.2) is 35.5 Å². The van der Waals surface area contributed by atoms with Crippen LogP contribution in [0.2, 0.25) is 0 Å². The second-order valence-corrected chi connectivity index (χ2v) is 12.5. The molecular weight excluding hydrogens is 424 g/mol. The smallest absolute Gasteiger partial charge is 0.305 e. The third kappa shape index (κ3) is 8.50. The number of carbonyl (C=O) groups is 1. The molecule has 0 aromatic carbocycles. The Kier molecular flexibility index (Phi) is 13.1. The van der Waals surface area contributed by atoms with Crippen molar-refractivity contribution in [3.8, 4) is 0 Å². The molecule has 0 spiro atoms. The quantitative estimate of drug-likeness (QED) is 0.225. The number of hydrogen-bond acceptors (Lipinski definition) is 4. The molecule has 0 heterocycles. The lowest BCUT2D eigenvalue weighted by atomic mass is 9.62. The van der Waals surface area contributed by atoms with Gasteiger partial charge in [-0.1, -0.05) is 54.9 Å². The maximum atomic E-state index is 11.7. The fraction of sp³-hybridized carbons (Fsp3) is 0.967. The Balaban J connectivity index is 2.96. The minimum atomic E-state index is -0.292. The number of methoxy groups -OCH3 is 1. The number of aliphatic hydroxyl groups is 2. The molecule has 1 aliphatic rings. The lowest BCUT2D eigenvalue weighted by Crippen LogP contribution is -2.36. The van der Waals surface area contributed by atoms with E-state index >= 15 is 0 Å². The van der Waals surface area contributed by atoms with E-state index in [1.807, 2.05) is 6.92 Å². The van der Waals surface area contributed by atoms with Crippen LogP contribution in [0, 0.1) is 40.4 Å². The molecule has 4 nitrogen and oxygen atoms in total. The summed E-state index contributed by atoms with van der Waals surface area (Å²) in [7, 11) is 1.48. The number of rotatable bonds is 16. The van der Waals surface area contributed by atoms with Gasteiger partial charge in [-0.25, -0.2) is 0 Å². The monoisotopic (exact) mass is 482 g/mol. The van der Waals surface area contributed by atoms with Gasteiger partial charge >= 0.3 is 5.97 Å². The number of esters is 1. The molecule has 0 aromatic heterocycles. The predicted octanol–water partition coefficient (Wildman–Crippen LogP) is 7.40. The average molecular weight is 483 g/mol. The molecule has 4 heteroatoms. The summed E-state index contributed by atoms with van der Waals surface area (Å²) >= 11 is 0. The van der Waals surface area contributed by atoms with Crippen molar-refractivity contribution in [2.45, 2.75) is 138 Å². The maximum absolute atomic E-state index is 11.7.